The molecule has 0 N–H and O–H groups in total. The third kappa shape index (κ3) is 4.45. The molecular formula is C11H17ClOS. The monoisotopic (exact) mass is 232 g/mol. The highest BCUT2D eigenvalue weighted by Crippen LogP contribution is 2.23. The number of rotatable bonds is 7. The SMILES string of the molecule is CCCCCCOCc1ccsc1Cl. The Morgan fingerprint density at radius 3 is 2.86 bits per heavy atom. The molecule has 0 aliphatic heterocycles. The minimum atomic E-state index is 0.661. The standard InChI is InChI=1S/C11H17ClOS/c1-2-3-4-5-7-13-9-10-6-8-14-11(10)12/h6,8H,2-5,7,9H2,1H3. The van der Waals surface area contributed by atoms with Crippen molar-refractivity contribution in [2.45, 2.75) is 39.2 Å². The van der Waals surface area contributed by atoms with E-state index < -0.39 is 0 Å². The molecule has 1 nitrogen and oxygen atoms in total. The molecule has 0 saturated carbocycles. The maximum Gasteiger partial charge on any atom is 0.0983 e. The summed E-state index contributed by atoms with van der Waals surface area (Å²) in [4.78, 5) is 0. The molecule has 0 atom stereocenters. The molecule has 0 fully saturated rings. The number of ether oxygens (including phenoxy) is 1. The average Bonchev–Trinajstić information content (AvgIpc) is 2.58. The van der Waals surface area contributed by atoms with Crippen LogP contribution in [-0.4, -0.2) is 6.61 Å². The number of hydrogen-bond donors (Lipinski definition) is 0. The van der Waals surface area contributed by atoms with Crippen molar-refractivity contribution in [1.82, 2.24) is 0 Å². The molecule has 0 spiro atoms. The van der Waals surface area contributed by atoms with E-state index in [2.05, 4.69) is 6.92 Å². The van der Waals surface area contributed by atoms with E-state index in [-0.39, 0.29) is 0 Å². The molecule has 0 radical (unpaired) electrons. The average molecular weight is 233 g/mol. The Morgan fingerprint density at radius 1 is 1.36 bits per heavy atom. The second-order valence-corrected chi connectivity index (χ2v) is 4.85. The largest absolute Gasteiger partial charge is 0.377 e. The van der Waals surface area contributed by atoms with Gasteiger partial charge in [0.15, 0.2) is 0 Å². The maximum absolute atomic E-state index is 5.94. The molecule has 1 aromatic heterocycles. The van der Waals surface area contributed by atoms with Crippen LogP contribution in [0.1, 0.15) is 38.2 Å². The van der Waals surface area contributed by atoms with Gasteiger partial charge in [-0.1, -0.05) is 37.8 Å². The first-order chi connectivity index (χ1) is 6.84. The Balaban J connectivity index is 2.02. The van der Waals surface area contributed by atoms with Crippen LogP contribution in [0.15, 0.2) is 11.4 Å². The number of unbranched alkanes of at least 4 members (excludes halogenated alkanes) is 3. The highest BCUT2D eigenvalue weighted by molar-refractivity contribution is 7.14. The zero-order valence-electron chi connectivity index (χ0n) is 8.59. The minimum absolute atomic E-state index is 0.661. The lowest BCUT2D eigenvalue weighted by Crippen LogP contribution is -1.94. The van der Waals surface area contributed by atoms with Crippen molar-refractivity contribution in [3.8, 4) is 0 Å². The Kier molecular flexibility index (Phi) is 6.24. The van der Waals surface area contributed by atoms with Crippen molar-refractivity contribution < 1.29 is 4.74 Å². The number of thiophene rings is 1. The number of halogens is 1. The van der Waals surface area contributed by atoms with Crippen LogP contribution in [0.3, 0.4) is 0 Å². The maximum atomic E-state index is 5.94. The Bertz CT molecular complexity index is 247. The molecule has 1 aromatic rings. The van der Waals surface area contributed by atoms with Gasteiger partial charge < -0.3 is 4.74 Å². The number of hydrogen-bond acceptors (Lipinski definition) is 2. The molecule has 0 aliphatic rings. The topological polar surface area (TPSA) is 9.23 Å². The van der Waals surface area contributed by atoms with Crippen LogP contribution in [-0.2, 0) is 11.3 Å². The van der Waals surface area contributed by atoms with Crippen LogP contribution >= 0.6 is 22.9 Å². The van der Waals surface area contributed by atoms with Gasteiger partial charge >= 0.3 is 0 Å². The molecule has 0 amide bonds. The van der Waals surface area contributed by atoms with Crippen LogP contribution in [0.4, 0.5) is 0 Å². The quantitative estimate of drug-likeness (QED) is 0.629. The summed E-state index contributed by atoms with van der Waals surface area (Å²) in [5.74, 6) is 0. The van der Waals surface area contributed by atoms with Gasteiger partial charge in [0.2, 0.25) is 0 Å². The molecule has 3 heteroatoms. The van der Waals surface area contributed by atoms with Gasteiger partial charge in [-0.3, -0.25) is 0 Å². The summed E-state index contributed by atoms with van der Waals surface area (Å²) < 4.78 is 6.39. The fourth-order valence-electron chi connectivity index (χ4n) is 1.23. The minimum Gasteiger partial charge on any atom is -0.377 e. The summed E-state index contributed by atoms with van der Waals surface area (Å²) >= 11 is 7.50. The summed E-state index contributed by atoms with van der Waals surface area (Å²) in [6, 6.07) is 2.03. The van der Waals surface area contributed by atoms with Gasteiger partial charge in [0.25, 0.3) is 0 Å². The molecule has 80 valence electrons. The van der Waals surface area contributed by atoms with Gasteiger partial charge in [0.05, 0.1) is 10.9 Å². The van der Waals surface area contributed by atoms with Crippen molar-refractivity contribution >= 4 is 22.9 Å². The van der Waals surface area contributed by atoms with E-state index in [1.807, 2.05) is 11.4 Å². The van der Waals surface area contributed by atoms with Gasteiger partial charge in [-0.15, -0.1) is 11.3 Å². The lowest BCUT2D eigenvalue weighted by Gasteiger charge is -2.02. The van der Waals surface area contributed by atoms with E-state index in [1.54, 1.807) is 11.3 Å². The molecule has 1 rings (SSSR count). The van der Waals surface area contributed by atoms with E-state index in [0.717, 1.165) is 22.9 Å². The summed E-state index contributed by atoms with van der Waals surface area (Å²) in [6.45, 7) is 3.73. The van der Waals surface area contributed by atoms with E-state index in [1.165, 1.54) is 19.3 Å². The normalized spacial score (nSPS) is 10.7. The molecule has 0 bridgehead atoms. The molecule has 0 saturated heterocycles. The van der Waals surface area contributed by atoms with Crippen LogP contribution in [0.25, 0.3) is 0 Å². The van der Waals surface area contributed by atoms with Crippen LogP contribution in [0.5, 0.6) is 0 Å². The van der Waals surface area contributed by atoms with Gasteiger partial charge in [-0.05, 0) is 17.9 Å². The summed E-state index contributed by atoms with van der Waals surface area (Å²) in [6.07, 6.45) is 5.02. The molecule has 0 aromatic carbocycles. The Hall–Kier alpha value is -0.0500. The summed E-state index contributed by atoms with van der Waals surface area (Å²) in [5, 5.41) is 2.00. The van der Waals surface area contributed by atoms with Gasteiger partial charge in [-0.25, -0.2) is 0 Å². The molecule has 14 heavy (non-hydrogen) atoms. The zero-order valence-corrected chi connectivity index (χ0v) is 10.2. The highest BCUT2D eigenvalue weighted by Gasteiger charge is 2.00. The van der Waals surface area contributed by atoms with Crippen LogP contribution in [0.2, 0.25) is 4.34 Å². The van der Waals surface area contributed by atoms with Crippen molar-refractivity contribution in [1.29, 1.82) is 0 Å². The van der Waals surface area contributed by atoms with Gasteiger partial charge in [-0.2, -0.15) is 0 Å². The Morgan fingerprint density at radius 2 is 2.21 bits per heavy atom. The lowest BCUT2D eigenvalue weighted by molar-refractivity contribution is 0.117. The van der Waals surface area contributed by atoms with Crippen molar-refractivity contribution in [3.05, 3.63) is 21.3 Å². The first kappa shape index (κ1) is 12.0. The third-order valence-corrected chi connectivity index (χ3v) is 3.34. The third-order valence-electron chi connectivity index (χ3n) is 2.09. The van der Waals surface area contributed by atoms with Crippen molar-refractivity contribution in [3.63, 3.8) is 0 Å². The Labute approximate surface area is 95.0 Å². The second kappa shape index (κ2) is 7.27. The molecular weight excluding hydrogens is 216 g/mol. The van der Waals surface area contributed by atoms with Crippen molar-refractivity contribution in [2.75, 3.05) is 6.61 Å². The van der Waals surface area contributed by atoms with E-state index in [4.69, 9.17) is 16.3 Å². The highest BCUT2D eigenvalue weighted by atomic mass is 35.5. The molecule has 0 aliphatic carbocycles. The summed E-state index contributed by atoms with van der Waals surface area (Å²) in [7, 11) is 0. The van der Waals surface area contributed by atoms with Crippen LogP contribution in [0, 0.1) is 0 Å². The van der Waals surface area contributed by atoms with E-state index >= 15 is 0 Å². The van der Waals surface area contributed by atoms with E-state index in [9.17, 15) is 0 Å². The first-order valence-corrected chi connectivity index (χ1v) is 6.40. The van der Waals surface area contributed by atoms with Crippen LogP contribution < -0.4 is 0 Å². The molecule has 0 unspecified atom stereocenters. The van der Waals surface area contributed by atoms with Crippen molar-refractivity contribution in [2.24, 2.45) is 0 Å². The first-order valence-electron chi connectivity index (χ1n) is 5.14. The second-order valence-electron chi connectivity index (χ2n) is 3.33. The smallest absolute Gasteiger partial charge is 0.0983 e. The van der Waals surface area contributed by atoms with Gasteiger partial charge in [0.1, 0.15) is 0 Å². The fourth-order valence-corrected chi connectivity index (χ4v) is 2.14. The molecule has 1 heterocycles. The van der Waals surface area contributed by atoms with Gasteiger partial charge in [0, 0.05) is 12.2 Å². The predicted octanol–water partition coefficient (Wildman–Crippen LogP) is 4.50. The fraction of sp³-hybridized carbons (Fsp3) is 0.636. The zero-order chi connectivity index (χ0) is 10.2. The lowest BCUT2D eigenvalue weighted by atomic mass is 10.2. The summed E-state index contributed by atoms with van der Waals surface area (Å²) in [5.41, 5.74) is 1.12. The predicted molar refractivity (Wildman–Crippen MR) is 63.1 cm³/mol. The van der Waals surface area contributed by atoms with E-state index in [0.29, 0.717) is 6.61 Å².